The topological polar surface area (TPSA) is 28.7 Å². The number of aromatic amines is 1. The number of nitrogens with one attached hydrogen (secondary N) is 1. The third-order valence-corrected chi connectivity index (χ3v) is 2.25. The van der Waals surface area contributed by atoms with Gasteiger partial charge in [-0.1, -0.05) is 12.1 Å². The van der Waals surface area contributed by atoms with Crippen LogP contribution >= 0.6 is 22.6 Å². The van der Waals surface area contributed by atoms with Crippen molar-refractivity contribution in [2.75, 3.05) is 0 Å². The van der Waals surface area contributed by atoms with E-state index in [0.29, 0.717) is 11.3 Å². The van der Waals surface area contributed by atoms with E-state index in [2.05, 4.69) is 32.8 Å². The second-order valence-electron chi connectivity index (χ2n) is 2.58. The molecule has 1 aromatic heterocycles. The van der Waals surface area contributed by atoms with Crippen LogP contribution < -0.4 is 0 Å². The van der Waals surface area contributed by atoms with Gasteiger partial charge in [0.05, 0.1) is 9.39 Å². The van der Waals surface area contributed by atoms with Crippen LogP contribution in [0.5, 0.6) is 0 Å². The highest BCUT2D eigenvalue weighted by Gasteiger charge is 2.06. The molecule has 2 nitrogen and oxygen atoms in total. The van der Waals surface area contributed by atoms with E-state index < -0.39 is 0 Å². The van der Waals surface area contributed by atoms with E-state index in [4.69, 9.17) is 0 Å². The molecule has 2 rings (SSSR count). The van der Waals surface area contributed by atoms with Gasteiger partial charge in [-0.25, -0.2) is 4.39 Å². The normalized spacial score (nSPS) is 10.3. The molecule has 0 fully saturated rings. The molecule has 4 heteroatoms. The molecule has 1 heterocycles. The van der Waals surface area contributed by atoms with Gasteiger partial charge in [-0.15, -0.1) is 0 Å². The Kier molecular flexibility index (Phi) is 2.30. The van der Waals surface area contributed by atoms with E-state index in [0.717, 1.165) is 3.70 Å². The zero-order chi connectivity index (χ0) is 9.26. The van der Waals surface area contributed by atoms with Crippen LogP contribution in [0.25, 0.3) is 11.3 Å². The molecule has 0 bridgehead atoms. The highest BCUT2D eigenvalue weighted by atomic mass is 127. The highest BCUT2D eigenvalue weighted by Crippen LogP contribution is 2.20. The SMILES string of the molecule is Fc1ccccc1-c1cc(I)[nH]n1. The van der Waals surface area contributed by atoms with Gasteiger partial charge in [0.1, 0.15) is 5.82 Å². The molecule has 0 unspecified atom stereocenters. The fourth-order valence-corrected chi connectivity index (χ4v) is 1.52. The molecule has 0 spiro atoms. The Hall–Kier alpha value is -0.910. The van der Waals surface area contributed by atoms with Crippen LogP contribution in [0.3, 0.4) is 0 Å². The van der Waals surface area contributed by atoms with E-state index in [-0.39, 0.29) is 5.82 Å². The maximum Gasteiger partial charge on any atom is 0.132 e. The van der Waals surface area contributed by atoms with Gasteiger partial charge in [0.15, 0.2) is 0 Å². The predicted octanol–water partition coefficient (Wildman–Crippen LogP) is 2.82. The fourth-order valence-electron chi connectivity index (χ4n) is 1.11. The predicted molar refractivity (Wildman–Crippen MR) is 56.7 cm³/mol. The average molecular weight is 288 g/mol. The van der Waals surface area contributed by atoms with Crippen LogP contribution in [0.1, 0.15) is 0 Å². The number of halogens is 2. The molecule has 1 N–H and O–H groups in total. The summed E-state index contributed by atoms with van der Waals surface area (Å²) in [5.74, 6) is -0.245. The Balaban J connectivity index is 2.52. The summed E-state index contributed by atoms with van der Waals surface area (Å²) in [6.07, 6.45) is 0. The second-order valence-corrected chi connectivity index (χ2v) is 3.74. The summed E-state index contributed by atoms with van der Waals surface area (Å²) in [6.45, 7) is 0. The minimum atomic E-state index is -0.245. The third-order valence-electron chi connectivity index (χ3n) is 1.70. The average Bonchev–Trinajstić information content (AvgIpc) is 2.53. The Labute approximate surface area is 88.3 Å². The lowest BCUT2D eigenvalue weighted by atomic mass is 10.1. The Bertz CT molecular complexity index is 425. The maximum absolute atomic E-state index is 13.2. The van der Waals surface area contributed by atoms with E-state index >= 15 is 0 Å². The minimum absolute atomic E-state index is 0.245. The van der Waals surface area contributed by atoms with E-state index in [1.54, 1.807) is 24.3 Å². The molecule has 13 heavy (non-hydrogen) atoms. The first-order valence-corrected chi connectivity index (χ1v) is 4.81. The Morgan fingerprint density at radius 1 is 1.31 bits per heavy atom. The molecule has 0 radical (unpaired) electrons. The van der Waals surface area contributed by atoms with E-state index in [1.807, 2.05) is 0 Å². The summed E-state index contributed by atoms with van der Waals surface area (Å²) in [5.41, 5.74) is 1.17. The number of nitrogens with zero attached hydrogens (tertiary/aromatic N) is 1. The summed E-state index contributed by atoms with van der Waals surface area (Å²) in [5, 5.41) is 6.74. The molecule has 0 aliphatic rings. The summed E-state index contributed by atoms with van der Waals surface area (Å²) in [6, 6.07) is 8.40. The second kappa shape index (κ2) is 3.45. The first-order valence-electron chi connectivity index (χ1n) is 3.73. The Morgan fingerprint density at radius 3 is 2.69 bits per heavy atom. The molecular formula is C9H6FIN2. The molecule has 0 aliphatic heterocycles. The summed E-state index contributed by atoms with van der Waals surface area (Å²) in [7, 11) is 0. The smallest absolute Gasteiger partial charge is 0.132 e. The number of hydrogen-bond acceptors (Lipinski definition) is 1. The van der Waals surface area contributed by atoms with Gasteiger partial charge >= 0.3 is 0 Å². The molecule has 0 saturated carbocycles. The van der Waals surface area contributed by atoms with Crippen molar-refractivity contribution in [3.8, 4) is 11.3 Å². The minimum Gasteiger partial charge on any atom is -0.272 e. The number of H-pyrrole nitrogens is 1. The molecule has 1 aromatic carbocycles. The van der Waals surface area contributed by atoms with Crippen LogP contribution in [0, 0.1) is 9.52 Å². The van der Waals surface area contributed by atoms with Crippen molar-refractivity contribution in [2.45, 2.75) is 0 Å². The van der Waals surface area contributed by atoms with Crippen LogP contribution in [0.4, 0.5) is 4.39 Å². The number of aromatic nitrogens is 2. The monoisotopic (exact) mass is 288 g/mol. The van der Waals surface area contributed by atoms with Crippen LogP contribution in [-0.2, 0) is 0 Å². The molecule has 66 valence electrons. The van der Waals surface area contributed by atoms with Crippen LogP contribution in [-0.4, -0.2) is 10.2 Å². The maximum atomic E-state index is 13.2. The van der Waals surface area contributed by atoms with Gasteiger partial charge in [0.2, 0.25) is 0 Å². The van der Waals surface area contributed by atoms with E-state index in [9.17, 15) is 4.39 Å². The number of benzene rings is 1. The molecule has 0 saturated heterocycles. The quantitative estimate of drug-likeness (QED) is 0.803. The molecular weight excluding hydrogens is 282 g/mol. The summed E-state index contributed by atoms with van der Waals surface area (Å²) >= 11 is 2.10. The molecule has 0 aliphatic carbocycles. The lowest BCUT2D eigenvalue weighted by molar-refractivity contribution is 0.630. The van der Waals surface area contributed by atoms with Gasteiger partial charge in [-0.3, -0.25) is 5.10 Å². The molecule has 0 atom stereocenters. The van der Waals surface area contributed by atoms with Crippen molar-refractivity contribution in [3.63, 3.8) is 0 Å². The Morgan fingerprint density at radius 2 is 2.08 bits per heavy atom. The first kappa shape index (κ1) is 8.68. The van der Waals surface area contributed by atoms with Gasteiger partial charge in [-0.05, 0) is 40.8 Å². The zero-order valence-electron chi connectivity index (χ0n) is 6.59. The fraction of sp³-hybridized carbons (Fsp3) is 0. The first-order chi connectivity index (χ1) is 6.27. The van der Waals surface area contributed by atoms with Gasteiger partial charge in [0, 0.05) is 5.56 Å². The number of hydrogen-bond donors (Lipinski definition) is 1. The largest absolute Gasteiger partial charge is 0.272 e. The zero-order valence-corrected chi connectivity index (χ0v) is 8.75. The van der Waals surface area contributed by atoms with Gasteiger partial charge in [0.25, 0.3) is 0 Å². The van der Waals surface area contributed by atoms with Crippen molar-refractivity contribution >= 4 is 22.6 Å². The standard InChI is InChI=1S/C9H6FIN2/c10-7-4-2-1-3-6(7)8-5-9(11)13-12-8/h1-5H,(H,12,13). The van der Waals surface area contributed by atoms with Gasteiger partial charge in [-0.2, -0.15) is 5.10 Å². The van der Waals surface area contributed by atoms with Crippen molar-refractivity contribution in [1.29, 1.82) is 0 Å². The lowest BCUT2D eigenvalue weighted by Crippen LogP contribution is -1.82. The van der Waals surface area contributed by atoms with Crippen LogP contribution in [0.15, 0.2) is 30.3 Å². The van der Waals surface area contributed by atoms with Crippen molar-refractivity contribution in [1.82, 2.24) is 10.2 Å². The molecule has 2 aromatic rings. The van der Waals surface area contributed by atoms with Gasteiger partial charge < -0.3 is 0 Å². The number of rotatable bonds is 1. The van der Waals surface area contributed by atoms with Crippen molar-refractivity contribution in [3.05, 3.63) is 39.8 Å². The summed E-state index contributed by atoms with van der Waals surface area (Å²) < 4.78 is 14.1. The lowest BCUT2D eigenvalue weighted by Gasteiger charge is -1.96. The highest BCUT2D eigenvalue weighted by molar-refractivity contribution is 14.1. The molecule has 0 amide bonds. The van der Waals surface area contributed by atoms with Crippen molar-refractivity contribution < 1.29 is 4.39 Å². The van der Waals surface area contributed by atoms with Crippen molar-refractivity contribution in [2.24, 2.45) is 0 Å². The third kappa shape index (κ3) is 1.72. The summed E-state index contributed by atoms with van der Waals surface area (Å²) in [4.78, 5) is 0. The van der Waals surface area contributed by atoms with E-state index in [1.165, 1.54) is 6.07 Å². The van der Waals surface area contributed by atoms with Crippen LogP contribution in [0.2, 0.25) is 0 Å².